The van der Waals surface area contributed by atoms with Crippen LogP contribution < -0.4 is 14.8 Å². The first kappa shape index (κ1) is 21.8. The maximum atomic E-state index is 12.5. The first-order chi connectivity index (χ1) is 14.3. The van der Waals surface area contributed by atoms with Gasteiger partial charge >= 0.3 is 0 Å². The summed E-state index contributed by atoms with van der Waals surface area (Å²) in [5.74, 6) is 0.978. The smallest absolute Gasteiger partial charge is 0.236 e. The molecule has 3 N–H and O–H groups in total. The molecule has 0 aliphatic rings. The maximum Gasteiger partial charge on any atom is 0.236 e. The number of aliphatic hydroxyl groups excluding tert-OH is 1. The fraction of sp³-hybridized carbons (Fsp3) is 0.333. The molecule has 160 valence electrons. The summed E-state index contributed by atoms with van der Waals surface area (Å²) in [7, 11) is -2.05. The summed E-state index contributed by atoms with van der Waals surface area (Å²) in [6.07, 6.45) is 1.38. The normalized spacial score (nSPS) is 11.6. The van der Waals surface area contributed by atoms with Gasteiger partial charge in [0, 0.05) is 6.61 Å². The zero-order valence-electron chi connectivity index (χ0n) is 17.2. The summed E-state index contributed by atoms with van der Waals surface area (Å²) in [5, 5.41) is 11.6. The fourth-order valence-corrected chi connectivity index (χ4v) is 3.46. The van der Waals surface area contributed by atoms with Crippen LogP contribution in [0.5, 0.6) is 5.75 Å². The van der Waals surface area contributed by atoms with Crippen LogP contribution in [0.4, 0.5) is 17.3 Å². The molecule has 0 atom stereocenters. The van der Waals surface area contributed by atoms with E-state index in [2.05, 4.69) is 20.0 Å². The molecule has 0 saturated carbocycles. The Hall–Kier alpha value is -2.91. The molecule has 2 aromatic carbocycles. The van der Waals surface area contributed by atoms with Gasteiger partial charge in [-0.3, -0.25) is 4.72 Å². The number of ether oxygens (including phenoxy) is 1. The van der Waals surface area contributed by atoms with Gasteiger partial charge in [-0.15, -0.1) is 0 Å². The molecule has 0 aliphatic heterocycles. The second kappa shape index (κ2) is 9.27. The summed E-state index contributed by atoms with van der Waals surface area (Å²) >= 11 is 0. The molecule has 30 heavy (non-hydrogen) atoms. The van der Waals surface area contributed by atoms with Gasteiger partial charge in [-0.05, 0) is 56.5 Å². The van der Waals surface area contributed by atoms with E-state index in [0.717, 1.165) is 12.0 Å². The number of aromatic nitrogens is 2. The molecule has 1 aromatic heterocycles. The number of anilines is 3. The molecule has 3 rings (SSSR count). The van der Waals surface area contributed by atoms with Gasteiger partial charge in [0.1, 0.15) is 5.75 Å². The van der Waals surface area contributed by atoms with Crippen LogP contribution in [0.2, 0.25) is 0 Å². The van der Waals surface area contributed by atoms with Gasteiger partial charge in [0.25, 0.3) is 0 Å². The summed E-state index contributed by atoms with van der Waals surface area (Å²) in [4.78, 5) is 9.04. The van der Waals surface area contributed by atoms with Crippen LogP contribution in [0, 0.1) is 0 Å². The Labute approximate surface area is 176 Å². The minimum Gasteiger partial charge on any atom is -0.495 e. The number of rotatable bonds is 9. The van der Waals surface area contributed by atoms with Crippen molar-refractivity contribution in [1.29, 1.82) is 0 Å². The summed E-state index contributed by atoms with van der Waals surface area (Å²) in [6.45, 7) is 3.31. The Morgan fingerprint density at radius 1 is 1.07 bits per heavy atom. The largest absolute Gasteiger partial charge is 0.495 e. The summed E-state index contributed by atoms with van der Waals surface area (Å²) in [6, 6.07) is 12.9. The third-order valence-corrected chi connectivity index (χ3v) is 6.29. The zero-order chi connectivity index (χ0) is 21.7. The first-order valence-corrected chi connectivity index (χ1v) is 11.2. The second-order valence-corrected chi connectivity index (χ2v) is 9.33. The van der Waals surface area contributed by atoms with Crippen molar-refractivity contribution in [3.63, 3.8) is 0 Å². The van der Waals surface area contributed by atoms with Crippen molar-refractivity contribution in [2.24, 2.45) is 0 Å². The number of benzene rings is 2. The molecule has 0 spiro atoms. The van der Waals surface area contributed by atoms with Crippen molar-refractivity contribution < 1.29 is 18.3 Å². The lowest BCUT2D eigenvalue weighted by molar-refractivity contribution is 0.288. The standard InChI is InChI=1S/C21H26N4O4S/c1-14(2)30(27,28)25-21-20(22-16-8-4-5-9-17(16)23-21)24-18-11-10-15(7-6-12-26)13-19(18)29-3/h4-5,8-11,13-14,26H,6-7,12H2,1-3H3,(H,22,24)(H,23,25). The monoisotopic (exact) mass is 430 g/mol. The van der Waals surface area contributed by atoms with Gasteiger partial charge in [-0.25, -0.2) is 18.4 Å². The van der Waals surface area contributed by atoms with Crippen molar-refractivity contribution in [2.45, 2.75) is 31.9 Å². The van der Waals surface area contributed by atoms with E-state index in [1.54, 1.807) is 27.0 Å². The first-order valence-electron chi connectivity index (χ1n) is 9.67. The van der Waals surface area contributed by atoms with Crippen LogP contribution in [0.25, 0.3) is 11.0 Å². The number of aryl methyl sites for hydroxylation is 1. The molecule has 3 aromatic rings. The van der Waals surface area contributed by atoms with Gasteiger partial charge in [-0.2, -0.15) is 0 Å². The Kier molecular flexibility index (Phi) is 6.73. The Morgan fingerprint density at radius 2 is 1.73 bits per heavy atom. The van der Waals surface area contributed by atoms with E-state index in [9.17, 15) is 8.42 Å². The number of para-hydroxylation sites is 2. The second-order valence-electron chi connectivity index (χ2n) is 7.09. The number of methoxy groups -OCH3 is 1. The molecule has 0 amide bonds. The van der Waals surface area contributed by atoms with Gasteiger partial charge in [0.2, 0.25) is 10.0 Å². The van der Waals surface area contributed by atoms with Crippen molar-refractivity contribution in [3.8, 4) is 5.75 Å². The Bertz CT molecular complexity index is 1130. The third-order valence-electron chi connectivity index (χ3n) is 4.57. The predicted octanol–water partition coefficient (Wildman–Crippen LogP) is 3.46. The highest BCUT2D eigenvalue weighted by Gasteiger charge is 2.20. The number of sulfonamides is 1. The molecular formula is C21H26N4O4S. The Balaban J connectivity index is 2.03. The van der Waals surface area contributed by atoms with Crippen molar-refractivity contribution in [1.82, 2.24) is 9.97 Å². The van der Waals surface area contributed by atoms with Gasteiger partial charge in [0.05, 0.1) is 29.1 Å². The number of aliphatic hydroxyl groups is 1. The van der Waals surface area contributed by atoms with Crippen LogP contribution in [0.3, 0.4) is 0 Å². The van der Waals surface area contributed by atoms with Crippen LogP contribution in [-0.4, -0.2) is 42.5 Å². The average molecular weight is 431 g/mol. The Morgan fingerprint density at radius 3 is 2.33 bits per heavy atom. The number of hydrogen-bond donors (Lipinski definition) is 3. The zero-order valence-corrected chi connectivity index (χ0v) is 18.0. The molecule has 8 nitrogen and oxygen atoms in total. The number of hydrogen-bond acceptors (Lipinski definition) is 7. The third kappa shape index (κ3) is 4.98. The van der Waals surface area contributed by atoms with Gasteiger partial charge in [-0.1, -0.05) is 18.2 Å². The van der Waals surface area contributed by atoms with E-state index >= 15 is 0 Å². The van der Waals surface area contributed by atoms with E-state index in [1.165, 1.54) is 0 Å². The van der Waals surface area contributed by atoms with Crippen LogP contribution >= 0.6 is 0 Å². The summed E-state index contributed by atoms with van der Waals surface area (Å²) < 4.78 is 32.9. The van der Waals surface area contributed by atoms with Crippen molar-refractivity contribution in [2.75, 3.05) is 23.8 Å². The topological polar surface area (TPSA) is 113 Å². The molecule has 0 saturated heterocycles. The average Bonchev–Trinajstić information content (AvgIpc) is 2.73. The number of nitrogens with one attached hydrogen (secondary N) is 2. The van der Waals surface area contributed by atoms with E-state index in [0.29, 0.717) is 28.9 Å². The fourth-order valence-electron chi connectivity index (χ4n) is 2.82. The predicted molar refractivity (Wildman–Crippen MR) is 119 cm³/mol. The van der Waals surface area contributed by atoms with Crippen LogP contribution in [0.1, 0.15) is 25.8 Å². The lowest BCUT2D eigenvalue weighted by Crippen LogP contribution is -2.24. The number of nitrogens with zero attached hydrogens (tertiary/aromatic N) is 2. The molecule has 9 heteroatoms. The van der Waals surface area contributed by atoms with Gasteiger partial charge < -0.3 is 15.2 Å². The lowest BCUT2D eigenvalue weighted by atomic mass is 10.1. The quantitative estimate of drug-likeness (QED) is 0.476. The van der Waals surface area contributed by atoms with Crippen molar-refractivity contribution in [3.05, 3.63) is 48.0 Å². The number of fused-ring (bicyclic) bond motifs is 1. The molecule has 0 radical (unpaired) electrons. The highest BCUT2D eigenvalue weighted by molar-refractivity contribution is 7.93. The molecule has 0 unspecified atom stereocenters. The highest BCUT2D eigenvalue weighted by Crippen LogP contribution is 2.32. The SMILES string of the molecule is COc1cc(CCCO)ccc1Nc1nc2ccccc2nc1NS(=O)(=O)C(C)C. The van der Waals surface area contributed by atoms with Crippen LogP contribution in [0.15, 0.2) is 42.5 Å². The van der Waals surface area contributed by atoms with Gasteiger partial charge in [0.15, 0.2) is 11.6 Å². The van der Waals surface area contributed by atoms with Crippen molar-refractivity contribution >= 4 is 38.4 Å². The van der Waals surface area contributed by atoms with Crippen LogP contribution in [-0.2, 0) is 16.4 Å². The minimum absolute atomic E-state index is 0.119. The molecule has 0 aliphatic carbocycles. The van der Waals surface area contributed by atoms with E-state index in [1.807, 2.05) is 36.4 Å². The highest BCUT2D eigenvalue weighted by atomic mass is 32.2. The molecular weight excluding hydrogens is 404 g/mol. The van der Waals surface area contributed by atoms with E-state index in [-0.39, 0.29) is 18.2 Å². The van der Waals surface area contributed by atoms with E-state index < -0.39 is 15.3 Å². The minimum atomic E-state index is -3.61. The molecule has 0 fully saturated rings. The van der Waals surface area contributed by atoms with E-state index in [4.69, 9.17) is 9.84 Å². The lowest BCUT2D eigenvalue weighted by Gasteiger charge is -2.17. The molecule has 0 bridgehead atoms. The maximum absolute atomic E-state index is 12.5. The molecule has 1 heterocycles. The summed E-state index contributed by atoms with van der Waals surface area (Å²) in [5.41, 5.74) is 2.86.